The smallest absolute Gasteiger partial charge is 0.289 e. The largest absolute Gasteiger partial charge is 0.416 e. The van der Waals surface area contributed by atoms with Crippen molar-refractivity contribution in [3.05, 3.63) is 168 Å². The van der Waals surface area contributed by atoms with Crippen LogP contribution >= 0.6 is 0 Å². The summed E-state index contributed by atoms with van der Waals surface area (Å²) in [6.45, 7) is 9.09. The highest BCUT2D eigenvalue weighted by molar-refractivity contribution is 6.35. The monoisotopic (exact) mass is 796 g/mol. The third kappa shape index (κ3) is 5.93. The van der Waals surface area contributed by atoms with E-state index >= 15 is 13.2 Å². The zero-order chi connectivity index (χ0) is 42.5. The Labute approximate surface area is 328 Å². The molecule has 0 N–H and O–H groups in total. The molecule has 4 amide bonds. The molecule has 0 aromatic heterocycles. The van der Waals surface area contributed by atoms with E-state index in [1.54, 1.807) is 20.8 Å². The number of benzene rings is 5. The molecular formula is C45H34F6N2O5. The second kappa shape index (κ2) is 13.4. The van der Waals surface area contributed by atoms with Gasteiger partial charge in [-0.1, -0.05) is 48.0 Å². The Bertz CT molecular complexity index is 2650. The zero-order valence-corrected chi connectivity index (χ0v) is 32.2. The minimum atomic E-state index is -5.21. The van der Waals surface area contributed by atoms with E-state index in [9.17, 15) is 37.1 Å². The molecule has 2 heterocycles. The Morgan fingerprint density at radius 3 is 1.41 bits per heavy atom. The fourth-order valence-corrected chi connectivity index (χ4v) is 8.19. The lowest BCUT2D eigenvalue weighted by molar-refractivity contribution is -0.167. The van der Waals surface area contributed by atoms with Crippen LogP contribution in [0.2, 0.25) is 0 Å². The topological polar surface area (TPSA) is 91.8 Å². The Hall–Kier alpha value is -6.37. The third-order valence-corrected chi connectivity index (χ3v) is 11.3. The van der Waals surface area contributed by atoms with Crippen molar-refractivity contribution in [3.8, 4) is 0 Å². The lowest BCUT2D eigenvalue weighted by atomic mass is 9.66. The van der Waals surface area contributed by atoms with Gasteiger partial charge < -0.3 is 0 Å². The van der Waals surface area contributed by atoms with Gasteiger partial charge in [0.15, 0.2) is 5.78 Å². The number of carbonyl (C=O) groups excluding carboxylic acids is 5. The predicted octanol–water partition coefficient (Wildman–Crippen LogP) is 9.71. The summed E-state index contributed by atoms with van der Waals surface area (Å²) in [6, 6.07) is 15.2. The number of amides is 4. The average Bonchev–Trinajstić information content (AvgIpc) is 3.51. The SMILES string of the molecule is Cc1cc(C(F)(F)F)cc(C(c2cc(C)c(C)c(C)c2)(c2cc(C)c(N3C(=O)c4ccc(C(=O)c5ccc6c(c5)C(=O)N(C)C6=O)cc4C3=O)c(C)c2)C(F)(F)F)c1. The van der Waals surface area contributed by atoms with Crippen LogP contribution in [0.5, 0.6) is 0 Å². The van der Waals surface area contributed by atoms with Crippen molar-refractivity contribution < 1.29 is 50.3 Å². The van der Waals surface area contributed by atoms with E-state index in [4.69, 9.17) is 0 Å². The molecule has 0 spiro atoms. The molecule has 0 bridgehead atoms. The van der Waals surface area contributed by atoms with Crippen LogP contribution in [0.4, 0.5) is 32.0 Å². The lowest BCUT2D eigenvalue weighted by Gasteiger charge is -2.39. The molecule has 2 aliphatic heterocycles. The third-order valence-electron chi connectivity index (χ3n) is 11.3. The average molecular weight is 797 g/mol. The van der Waals surface area contributed by atoms with Crippen molar-refractivity contribution in [3.63, 3.8) is 0 Å². The molecule has 7 rings (SSSR count). The highest BCUT2D eigenvalue weighted by atomic mass is 19.4. The number of nitrogens with zero attached hydrogens (tertiary/aromatic N) is 2. The van der Waals surface area contributed by atoms with Crippen molar-refractivity contribution in [2.45, 2.75) is 59.3 Å². The fraction of sp³-hybridized carbons (Fsp3) is 0.222. The molecule has 0 aliphatic carbocycles. The normalized spacial score (nSPS) is 15.3. The lowest BCUT2D eigenvalue weighted by Crippen LogP contribution is -2.45. The standard InChI is InChI=1S/C45H34F6N2O5/c1-21-12-29(20-32(13-21)44(46,47)48)43(45(49,50)51,30-14-22(2)26(6)23(3)15-30)31-16-24(4)37(25(5)17-31)53-41(57)34-11-9-28(19-36(34)42(53)58)38(54)27-8-10-33-35(18-27)40(56)52(7)39(33)55/h8-20H,1-7H3. The van der Waals surface area contributed by atoms with E-state index in [0.717, 1.165) is 34.1 Å². The van der Waals surface area contributed by atoms with Crippen molar-refractivity contribution in [2.24, 2.45) is 0 Å². The molecular weight excluding hydrogens is 762 g/mol. The molecule has 13 heteroatoms. The van der Waals surface area contributed by atoms with Gasteiger partial charge >= 0.3 is 12.4 Å². The first kappa shape index (κ1) is 39.8. The number of fused-ring (bicyclic) bond motifs is 2. The molecule has 0 radical (unpaired) electrons. The van der Waals surface area contributed by atoms with Gasteiger partial charge in [0.2, 0.25) is 0 Å². The number of ketones is 1. The summed E-state index contributed by atoms with van der Waals surface area (Å²) in [4.78, 5) is 68.2. The van der Waals surface area contributed by atoms with Gasteiger partial charge in [0.05, 0.1) is 33.5 Å². The number of halogens is 6. The summed E-state index contributed by atoms with van der Waals surface area (Å²) < 4.78 is 91.2. The van der Waals surface area contributed by atoms with Crippen molar-refractivity contribution in [1.82, 2.24) is 4.90 Å². The van der Waals surface area contributed by atoms with Crippen LogP contribution in [0.25, 0.3) is 0 Å². The second-order valence-electron chi connectivity index (χ2n) is 15.0. The molecule has 1 unspecified atom stereocenters. The predicted molar refractivity (Wildman–Crippen MR) is 203 cm³/mol. The molecule has 5 aromatic rings. The number of hydrogen-bond donors (Lipinski definition) is 0. The minimum Gasteiger partial charge on any atom is -0.289 e. The van der Waals surface area contributed by atoms with Crippen LogP contribution in [0.1, 0.15) is 113 Å². The Morgan fingerprint density at radius 2 is 0.914 bits per heavy atom. The summed E-state index contributed by atoms with van der Waals surface area (Å²) in [6.07, 6.45) is -10.2. The first-order chi connectivity index (χ1) is 27.0. The van der Waals surface area contributed by atoms with Gasteiger partial charge in [-0.3, -0.25) is 28.9 Å². The summed E-state index contributed by atoms with van der Waals surface area (Å²) in [7, 11) is 1.31. The number of aryl methyl sites for hydroxylation is 5. The van der Waals surface area contributed by atoms with Gasteiger partial charge in [-0.15, -0.1) is 0 Å². The van der Waals surface area contributed by atoms with Crippen LogP contribution in [-0.2, 0) is 11.6 Å². The minimum absolute atomic E-state index is 0.00866. The second-order valence-corrected chi connectivity index (χ2v) is 15.0. The van der Waals surface area contributed by atoms with Crippen LogP contribution < -0.4 is 4.90 Å². The number of hydrogen-bond acceptors (Lipinski definition) is 5. The van der Waals surface area contributed by atoms with Crippen LogP contribution in [0.15, 0.2) is 78.9 Å². The van der Waals surface area contributed by atoms with Crippen molar-refractivity contribution >= 4 is 35.1 Å². The number of carbonyl (C=O) groups is 5. The van der Waals surface area contributed by atoms with E-state index in [1.165, 1.54) is 76.3 Å². The number of imide groups is 2. The molecule has 296 valence electrons. The van der Waals surface area contributed by atoms with Crippen LogP contribution in [-0.4, -0.2) is 47.5 Å². The van der Waals surface area contributed by atoms with Crippen molar-refractivity contribution in [1.29, 1.82) is 0 Å². The number of alkyl halides is 6. The Morgan fingerprint density at radius 1 is 0.500 bits per heavy atom. The first-order valence-electron chi connectivity index (χ1n) is 18.0. The molecule has 2 aliphatic rings. The van der Waals surface area contributed by atoms with Crippen LogP contribution in [0, 0.1) is 41.5 Å². The number of rotatable bonds is 6. The van der Waals surface area contributed by atoms with E-state index < -0.39 is 63.9 Å². The van der Waals surface area contributed by atoms with Gasteiger partial charge in [-0.25, -0.2) is 4.90 Å². The molecule has 0 saturated carbocycles. The zero-order valence-electron chi connectivity index (χ0n) is 32.2. The van der Waals surface area contributed by atoms with Gasteiger partial charge in [0.25, 0.3) is 23.6 Å². The summed E-state index contributed by atoms with van der Waals surface area (Å²) in [5.41, 5.74) is -4.06. The molecule has 5 aromatic carbocycles. The van der Waals surface area contributed by atoms with Gasteiger partial charge in [-0.2, -0.15) is 26.3 Å². The van der Waals surface area contributed by atoms with Crippen molar-refractivity contribution in [2.75, 3.05) is 11.9 Å². The maximum Gasteiger partial charge on any atom is 0.416 e. The molecule has 7 nitrogen and oxygen atoms in total. The highest BCUT2D eigenvalue weighted by Crippen LogP contribution is 2.54. The summed E-state index contributed by atoms with van der Waals surface area (Å²) >= 11 is 0. The van der Waals surface area contributed by atoms with Gasteiger partial charge in [0, 0.05) is 18.2 Å². The molecule has 0 fully saturated rings. The maximum atomic E-state index is 16.2. The number of anilines is 1. The Kier molecular flexibility index (Phi) is 9.18. The van der Waals surface area contributed by atoms with Gasteiger partial charge in [-0.05, 0) is 122 Å². The summed E-state index contributed by atoms with van der Waals surface area (Å²) in [5.74, 6) is -3.37. The van der Waals surface area contributed by atoms with E-state index in [0.29, 0.717) is 22.8 Å². The molecule has 0 saturated heterocycles. The van der Waals surface area contributed by atoms with Crippen LogP contribution in [0.3, 0.4) is 0 Å². The Balaban J connectivity index is 1.36. The summed E-state index contributed by atoms with van der Waals surface area (Å²) in [5, 5.41) is 0. The van der Waals surface area contributed by atoms with E-state index in [-0.39, 0.29) is 61.3 Å². The highest BCUT2D eigenvalue weighted by Gasteiger charge is 2.59. The van der Waals surface area contributed by atoms with Gasteiger partial charge in [0.1, 0.15) is 5.41 Å². The quantitative estimate of drug-likeness (QED) is 0.0739. The van der Waals surface area contributed by atoms with E-state index in [1.807, 2.05) is 0 Å². The fourth-order valence-electron chi connectivity index (χ4n) is 8.19. The molecule has 1 atom stereocenters. The maximum absolute atomic E-state index is 16.2. The molecule has 58 heavy (non-hydrogen) atoms. The first-order valence-corrected chi connectivity index (χ1v) is 18.0. The van der Waals surface area contributed by atoms with E-state index in [2.05, 4.69) is 0 Å².